The molecule has 0 spiro atoms. The van der Waals surface area contributed by atoms with E-state index in [1.807, 2.05) is 60.8 Å². The van der Waals surface area contributed by atoms with Crippen LogP contribution in [-0.4, -0.2) is 32.5 Å². The number of nitrogens with one attached hydrogen (secondary N) is 2. The molecule has 1 aliphatic carbocycles. The second kappa shape index (κ2) is 8.14. The molecule has 2 heterocycles. The van der Waals surface area contributed by atoms with Gasteiger partial charge in [-0.25, -0.2) is 15.0 Å². The van der Waals surface area contributed by atoms with Crippen LogP contribution in [-0.2, 0) is 10.2 Å². The topological polar surface area (TPSA) is 94.0 Å². The van der Waals surface area contributed by atoms with E-state index in [-0.39, 0.29) is 5.91 Å². The first-order chi connectivity index (χ1) is 15.7. The van der Waals surface area contributed by atoms with Gasteiger partial charge >= 0.3 is 0 Å². The molecule has 8 heteroatoms. The largest absolute Gasteiger partial charge is 0.496 e. The molecule has 32 heavy (non-hydrogen) atoms. The number of methoxy groups -OCH3 is 1. The lowest BCUT2D eigenvalue weighted by atomic mass is 9.94. The number of ether oxygens (including phenoxy) is 1. The molecule has 1 aliphatic rings. The van der Waals surface area contributed by atoms with E-state index in [0.29, 0.717) is 5.82 Å². The minimum atomic E-state index is -0.520. The Morgan fingerprint density at radius 3 is 2.56 bits per heavy atom. The Hall–Kier alpha value is -4.20. The first kappa shape index (κ1) is 19.7. The summed E-state index contributed by atoms with van der Waals surface area (Å²) in [6, 6.07) is 17.1. The van der Waals surface area contributed by atoms with Gasteiger partial charge in [-0.1, -0.05) is 18.2 Å². The highest BCUT2D eigenvalue weighted by Gasteiger charge is 2.52. The van der Waals surface area contributed by atoms with Crippen molar-refractivity contribution in [1.29, 1.82) is 0 Å². The second-order valence-electron chi connectivity index (χ2n) is 7.67. The SMILES string of the molecule is COc1ccccc1C1(C(=O)Nc2ccc(Nc3cc(-n4ccnc4)ncn3)cc2)CC1. The molecule has 1 saturated carbocycles. The number of rotatable bonds is 7. The van der Waals surface area contributed by atoms with Crippen molar-refractivity contribution in [3.8, 4) is 11.6 Å². The van der Waals surface area contributed by atoms with Crippen LogP contribution in [0.15, 0.2) is 79.6 Å². The third-order valence-electron chi connectivity index (χ3n) is 5.64. The Balaban J connectivity index is 1.28. The van der Waals surface area contributed by atoms with Crippen LogP contribution < -0.4 is 15.4 Å². The van der Waals surface area contributed by atoms with Crippen LogP contribution in [0.2, 0.25) is 0 Å². The molecule has 0 bridgehead atoms. The van der Waals surface area contributed by atoms with Crippen molar-refractivity contribution in [2.75, 3.05) is 17.7 Å². The monoisotopic (exact) mass is 426 g/mol. The molecule has 160 valence electrons. The van der Waals surface area contributed by atoms with Gasteiger partial charge in [-0.05, 0) is 43.2 Å². The van der Waals surface area contributed by atoms with Crippen molar-refractivity contribution in [2.45, 2.75) is 18.3 Å². The van der Waals surface area contributed by atoms with E-state index in [0.717, 1.165) is 41.3 Å². The summed E-state index contributed by atoms with van der Waals surface area (Å²) in [5.74, 6) is 2.12. The Kier molecular flexibility index (Phi) is 5.03. The van der Waals surface area contributed by atoms with Crippen molar-refractivity contribution in [3.63, 3.8) is 0 Å². The van der Waals surface area contributed by atoms with Crippen molar-refractivity contribution >= 4 is 23.1 Å². The van der Waals surface area contributed by atoms with Crippen LogP contribution in [0.3, 0.4) is 0 Å². The number of amides is 1. The highest BCUT2D eigenvalue weighted by atomic mass is 16.5. The van der Waals surface area contributed by atoms with Gasteiger partial charge in [0.25, 0.3) is 0 Å². The van der Waals surface area contributed by atoms with Crippen molar-refractivity contribution in [2.24, 2.45) is 0 Å². The Labute approximate surface area is 185 Å². The van der Waals surface area contributed by atoms with Gasteiger partial charge in [-0.2, -0.15) is 0 Å². The lowest BCUT2D eigenvalue weighted by Gasteiger charge is -2.18. The zero-order chi connectivity index (χ0) is 22.0. The Morgan fingerprint density at radius 1 is 1.06 bits per heavy atom. The molecule has 2 aromatic carbocycles. The summed E-state index contributed by atoms with van der Waals surface area (Å²) in [5, 5.41) is 6.31. The standard InChI is InChI=1S/C24H22N6O2/c1-32-20-5-3-2-4-19(20)24(10-11-24)23(31)29-18-8-6-17(7-9-18)28-21-14-22(27-15-26-21)30-13-12-25-16-30/h2-9,12-16H,10-11H2,1H3,(H,29,31)(H,26,27,28). The van der Waals surface area contributed by atoms with Crippen LogP contribution in [0.4, 0.5) is 17.2 Å². The smallest absolute Gasteiger partial charge is 0.235 e. The minimum Gasteiger partial charge on any atom is -0.496 e. The van der Waals surface area contributed by atoms with Gasteiger partial charge in [0.2, 0.25) is 5.91 Å². The molecule has 2 N–H and O–H groups in total. The second-order valence-corrected chi connectivity index (χ2v) is 7.67. The number of anilines is 3. The maximum atomic E-state index is 13.1. The summed E-state index contributed by atoms with van der Waals surface area (Å²) in [7, 11) is 1.63. The molecule has 0 unspecified atom stereocenters. The number of hydrogen-bond donors (Lipinski definition) is 2. The fourth-order valence-corrected chi connectivity index (χ4v) is 3.77. The Bertz CT molecular complexity index is 1230. The van der Waals surface area contributed by atoms with Crippen molar-refractivity contribution in [3.05, 3.63) is 85.2 Å². The quantitative estimate of drug-likeness (QED) is 0.462. The van der Waals surface area contributed by atoms with Crippen LogP contribution in [0, 0.1) is 0 Å². The fraction of sp³-hybridized carbons (Fsp3) is 0.167. The van der Waals surface area contributed by atoms with E-state index in [1.165, 1.54) is 6.33 Å². The van der Waals surface area contributed by atoms with Crippen LogP contribution in [0.5, 0.6) is 5.75 Å². The predicted molar refractivity (Wildman–Crippen MR) is 121 cm³/mol. The molecular formula is C24H22N6O2. The van der Waals surface area contributed by atoms with E-state index in [9.17, 15) is 4.79 Å². The number of imidazole rings is 1. The summed E-state index contributed by atoms with van der Waals surface area (Å²) in [6.07, 6.45) is 8.32. The third kappa shape index (κ3) is 3.78. The molecule has 0 aliphatic heterocycles. The fourth-order valence-electron chi connectivity index (χ4n) is 3.77. The molecule has 8 nitrogen and oxygen atoms in total. The maximum Gasteiger partial charge on any atom is 0.235 e. The first-order valence-electron chi connectivity index (χ1n) is 10.3. The number of carbonyl (C=O) groups excluding carboxylic acids is 1. The van der Waals surface area contributed by atoms with Gasteiger partial charge in [0.1, 0.15) is 30.0 Å². The molecule has 5 rings (SSSR count). The molecular weight excluding hydrogens is 404 g/mol. The lowest BCUT2D eigenvalue weighted by molar-refractivity contribution is -0.118. The van der Waals surface area contributed by atoms with E-state index in [2.05, 4.69) is 25.6 Å². The van der Waals surface area contributed by atoms with E-state index >= 15 is 0 Å². The first-order valence-corrected chi connectivity index (χ1v) is 10.3. The summed E-state index contributed by atoms with van der Waals surface area (Å²) in [4.78, 5) is 25.6. The average molecular weight is 426 g/mol. The van der Waals surface area contributed by atoms with E-state index in [1.54, 1.807) is 24.2 Å². The van der Waals surface area contributed by atoms with Crippen LogP contribution >= 0.6 is 0 Å². The van der Waals surface area contributed by atoms with E-state index < -0.39 is 5.41 Å². The summed E-state index contributed by atoms with van der Waals surface area (Å²) >= 11 is 0. The summed E-state index contributed by atoms with van der Waals surface area (Å²) in [6.45, 7) is 0. The van der Waals surface area contributed by atoms with Crippen molar-refractivity contribution < 1.29 is 9.53 Å². The minimum absolute atomic E-state index is 0.0107. The number of para-hydroxylation sites is 1. The maximum absolute atomic E-state index is 13.1. The molecule has 0 saturated heterocycles. The van der Waals surface area contributed by atoms with Gasteiger partial charge in [-0.3, -0.25) is 9.36 Å². The number of carbonyl (C=O) groups is 1. The molecule has 4 aromatic rings. The van der Waals surface area contributed by atoms with Gasteiger partial charge in [0.05, 0.1) is 12.5 Å². The van der Waals surface area contributed by atoms with Crippen LogP contribution in [0.25, 0.3) is 5.82 Å². The number of benzene rings is 2. The highest BCUT2D eigenvalue weighted by Crippen LogP contribution is 2.52. The normalized spacial score (nSPS) is 13.9. The summed E-state index contributed by atoms with van der Waals surface area (Å²) in [5.41, 5.74) is 2.01. The highest BCUT2D eigenvalue weighted by molar-refractivity contribution is 6.02. The van der Waals surface area contributed by atoms with Gasteiger partial charge in [-0.15, -0.1) is 0 Å². The molecule has 1 amide bonds. The summed E-state index contributed by atoms with van der Waals surface area (Å²) < 4.78 is 7.28. The van der Waals surface area contributed by atoms with Gasteiger partial charge < -0.3 is 15.4 Å². The van der Waals surface area contributed by atoms with Gasteiger partial charge in [0.15, 0.2) is 0 Å². The van der Waals surface area contributed by atoms with E-state index in [4.69, 9.17) is 4.74 Å². The number of nitrogens with zero attached hydrogens (tertiary/aromatic N) is 4. The molecule has 0 atom stereocenters. The molecule has 1 fully saturated rings. The molecule has 0 radical (unpaired) electrons. The third-order valence-corrected chi connectivity index (χ3v) is 5.64. The number of hydrogen-bond acceptors (Lipinski definition) is 6. The molecule has 2 aromatic heterocycles. The zero-order valence-corrected chi connectivity index (χ0v) is 17.5. The van der Waals surface area contributed by atoms with Gasteiger partial charge in [0, 0.05) is 35.4 Å². The zero-order valence-electron chi connectivity index (χ0n) is 17.5. The predicted octanol–water partition coefficient (Wildman–Crippen LogP) is 4.08. The van der Waals surface area contributed by atoms with Crippen LogP contribution in [0.1, 0.15) is 18.4 Å². The lowest BCUT2D eigenvalue weighted by Crippen LogP contribution is -2.28. The Morgan fingerprint density at radius 2 is 1.84 bits per heavy atom. The number of aromatic nitrogens is 4. The average Bonchev–Trinajstić information content (AvgIpc) is 3.46. The van der Waals surface area contributed by atoms with Crippen molar-refractivity contribution in [1.82, 2.24) is 19.5 Å².